The molecule has 0 amide bonds. The zero-order valence-electron chi connectivity index (χ0n) is 18.4. The Morgan fingerprint density at radius 1 is 0.941 bits per heavy atom. The van der Waals surface area contributed by atoms with Crippen molar-refractivity contribution in [3.05, 3.63) is 77.3 Å². The van der Waals surface area contributed by atoms with Gasteiger partial charge in [0, 0.05) is 24.4 Å². The van der Waals surface area contributed by atoms with Crippen molar-refractivity contribution in [2.24, 2.45) is 7.05 Å². The summed E-state index contributed by atoms with van der Waals surface area (Å²) in [5, 5.41) is 0. The van der Waals surface area contributed by atoms with E-state index in [1.54, 1.807) is 36.7 Å². The van der Waals surface area contributed by atoms with Crippen LogP contribution >= 0.6 is 0 Å². The summed E-state index contributed by atoms with van der Waals surface area (Å²) in [6.45, 7) is -0.599. The van der Waals surface area contributed by atoms with Crippen LogP contribution in [-0.2, 0) is 7.05 Å². The van der Waals surface area contributed by atoms with Crippen LogP contribution in [0.15, 0.2) is 71.8 Å². The highest BCUT2D eigenvalue weighted by Gasteiger charge is 2.17. The van der Waals surface area contributed by atoms with E-state index in [0.29, 0.717) is 34.6 Å². The molecule has 0 saturated heterocycles. The number of ether oxygens (including phenoxy) is 2. The van der Waals surface area contributed by atoms with Gasteiger partial charge in [0.15, 0.2) is 0 Å². The van der Waals surface area contributed by atoms with Crippen LogP contribution in [0.25, 0.3) is 39.0 Å². The largest absolute Gasteiger partial charge is 0.494 e. The molecule has 7 nitrogen and oxygen atoms in total. The first-order valence-corrected chi connectivity index (χ1v) is 10.6. The Balaban J connectivity index is 1.75. The lowest BCUT2D eigenvalue weighted by Gasteiger charge is -2.14. The Labute approximate surface area is 192 Å². The fraction of sp³-hybridized carbons (Fsp3) is 0.160. The van der Waals surface area contributed by atoms with Crippen LogP contribution in [0.3, 0.4) is 0 Å². The van der Waals surface area contributed by atoms with Crippen LogP contribution < -0.4 is 15.0 Å². The second-order valence-corrected chi connectivity index (χ2v) is 7.62. The summed E-state index contributed by atoms with van der Waals surface area (Å²) < 4.78 is 38.6. The first-order chi connectivity index (χ1) is 16.4. The molecule has 34 heavy (non-hydrogen) atoms. The minimum Gasteiger partial charge on any atom is -0.494 e. The highest BCUT2D eigenvalue weighted by atomic mass is 19.3. The summed E-state index contributed by atoms with van der Waals surface area (Å²) in [7, 11) is 1.88. The fourth-order valence-corrected chi connectivity index (χ4v) is 3.91. The number of aryl methyl sites for hydroxylation is 1. The van der Waals surface area contributed by atoms with E-state index in [2.05, 4.69) is 14.7 Å². The van der Waals surface area contributed by atoms with Crippen molar-refractivity contribution in [1.29, 1.82) is 0 Å². The zero-order valence-corrected chi connectivity index (χ0v) is 18.4. The van der Waals surface area contributed by atoms with E-state index in [9.17, 15) is 13.6 Å². The quantitative estimate of drug-likeness (QED) is 0.358. The molecule has 0 aliphatic heterocycles. The van der Waals surface area contributed by atoms with Gasteiger partial charge in [-0.3, -0.25) is 9.36 Å². The van der Waals surface area contributed by atoms with E-state index < -0.39 is 6.61 Å². The van der Waals surface area contributed by atoms with Gasteiger partial charge in [-0.15, -0.1) is 0 Å². The van der Waals surface area contributed by atoms with Gasteiger partial charge in [0.1, 0.15) is 17.2 Å². The third kappa shape index (κ3) is 3.85. The molecule has 0 bridgehead atoms. The predicted molar refractivity (Wildman–Crippen MR) is 125 cm³/mol. The van der Waals surface area contributed by atoms with Crippen LogP contribution in [0.2, 0.25) is 0 Å². The molecular weight excluding hydrogens is 442 g/mol. The van der Waals surface area contributed by atoms with Crippen LogP contribution in [0.5, 0.6) is 11.5 Å². The first-order valence-electron chi connectivity index (χ1n) is 10.6. The van der Waals surface area contributed by atoms with Gasteiger partial charge in [0.05, 0.1) is 35.0 Å². The molecule has 0 aliphatic rings. The average Bonchev–Trinajstić information content (AvgIpc) is 3.19. The van der Waals surface area contributed by atoms with Gasteiger partial charge < -0.3 is 14.0 Å². The average molecular weight is 462 g/mol. The molecule has 0 spiro atoms. The Hall–Kier alpha value is -4.27. The lowest BCUT2D eigenvalue weighted by atomic mass is 10.1. The number of fused-ring (bicyclic) bond motifs is 2. The fourth-order valence-electron chi connectivity index (χ4n) is 3.91. The van der Waals surface area contributed by atoms with Gasteiger partial charge in [-0.1, -0.05) is 6.07 Å². The van der Waals surface area contributed by atoms with E-state index in [1.807, 2.05) is 36.7 Å². The highest BCUT2D eigenvalue weighted by Crippen LogP contribution is 2.27. The van der Waals surface area contributed by atoms with Crippen molar-refractivity contribution in [3.8, 4) is 28.4 Å². The van der Waals surface area contributed by atoms with Crippen molar-refractivity contribution in [2.75, 3.05) is 6.61 Å². The zero-order chi connectivity index (χ0) is 23.8. The number of halogens is 2. The first kappa shape index (κ1) is 21.6. The number of aromatic nitrogens is 4. The topological polar surface area (TPSA) is 71.2 Å². The smallest absolute Gasteiger partial charge is 0.387 e. The molecule has 2 aromatic heterocycles. The Bertz CT molecular complexity index is 1560. The predicted octanol–water partition coefficient (Wildman–Crippen LogP) is 4.94. The molecular formula is C25H20F2N4O3. The monoisotopic (exact) mass is 462 g/mol. The molecule has 0 unspecified atom stereocenters. The molecule has 0 fully saturated rings. The van der Waals surface area contributed by atoms with Gasteiger partial charge >= 0.3 is 6.61 Å². The number of rotatable bonds is 6. The van der Waals surface area contributed by atoms with Crippen molar-refractivity contribution < 1.29 is 18.3 Å². The van der Waals surface area contributed by atoms with E-state index in [4.69, 9.17) is 4.74 Å². The van der Waals surface area contributed by atoms with E-state index in [1.165, 1.54) is 16.7 Å². The Morgan fingerprint density at radius 2 is 1.68 bits per heavy atom. The number of hydrogen-bond donors (Lipinski definition) is 0. The van der Waals surface area contributed by atoms with Gasteiger partial charge in [-0.05, 0) is 55.5 Å². The van der Waals surface area contributed by atoms with Gasteiger partial charge in [-0.2, -0.15) is 8.78 Å². The van der Waals surface area contributed by atoms with Crippen LogP contribution in [0.1, 0.15) is 6.92 Å². The minimum absolute atomic E-state index is 0.00190. The lowest BCUT2D eigenvalue weighted by Crippen LogP contribution is -2.22. The van der Waals surface area contributed by atoms with Gasteiger partial charge in [0.25, 0.3) is 5.56 Å². The van der Waals surface area contributed by atoms with Crippen LogP contribution in [0.4, 0.5) is 8.78 Å². The molecule has 5 rings (SSSR count). The van der Waals surface area contributed by atoms with E-state index >= 15 is 0 Å². The summed E-state index contributed by atoms with van der Waals surface area (Å²) in [5.74, 6) is 0.591. The molecule has 0 saturated carbocycles. The second-order valence-electron chi connectivity index (χ2n) is 7.62. The number of alkyl halides is 2. The van der Waals surface area contributed by atoms with Gasteiger partial charge in [-0.25, -0.2) is 9.97 Å². The third-order valence-corrected chi connectivity index (χ3v) is 5.46. The summed E-state index contributed by atoms with van der Waals surface area (Å²) in [5.41, 5.74) is 3.81. The summed E-state index contributed by atoms with van der Waals surface area (Å²) in [6.07, 6.45) is 1.71. The molecule has 172 valence electrons. The number of nitrogens with zero attached hydrogens (tertiary/aromatic N) is 4. The molecule has 3 aromatic carbocycles. The standard InChI is InChI=1S/C25H20F2N4O3/c1-3-33-18-9-11-20-22(13-18)31(16-5-7-17(8-6-16)34-25(26)27)24(32)23(29-20)15-4-10-19-21(12-15)30(2)14-28-19/h4-14,25H,3H2,1-2H3. The Kier molecular flexibility index (Phi) is 5.45. The van der Waals surface area contributed by atoms with E-state index in [-0.39, 0.29) is 17.0 Å². The summed E-state index contributed by atoms with van der Waals surface area (Å²) in [4.78, 5) is 22.8. The molecule has 0 aliphatic carbocycles. The van der Waals surface area contributed by atoms with Crippen molar-refractivity contribution in [2.45, 2.75) is 13.5 Å². The van der Waals surface area contributed by atoms with Gasteiger partial charge in [0.2, 0.25) is 0 Å². The molecule has 9 heteroatoms. The Morgan fingerprint density at radius 3 is 2.41 bits per heavy atom. The van der Waals surface area contributed by atoms with Crippen molar-refractivity contribution in [1.82, 2.24) is 19.1 Å². The maximum Gasteiger partial charge on any atom is 0.387 e. The second kappa shape index (κ2) is 8.58. The van der Waals surface area contributed by atoms with Crippen molar-refractivity contribution >= 4 is 22.1 Å². The lowest BCUT2D eigenvalue weighted by molar-refractivity contribution is -0.0498. The molecule has 2 heterocycles. The van der Waals surface area contributed by atoms with Crippen LogP contribution in [-0.4, -0.2) is 32.3 Å². The normalized spacial score (nSPS) is 11.4. The summed E-state index contributed by atoms with van der Waals surface area (Å²) >= 11 is 0. The summed E-state index contributed by atoms with van der Waals surface area (Å²) in [6, 6.07) is 16.7. The maximum atomic E-state index is 13.8. The molecule has 0 N–H and O–H groups in total. The highest BCUT2D eigenvalue weighted by molar-refractivity contribution is 5.84. The number of imidazole rings is 1. The van der Waals surface area contributed by atoms with Crippen LogP contribution in [0, 0.1) is 0 Å². The SMILES string of the molecule is CCOc1ccc2nc(-c3ccc4ncn(C)c4c3)c(=O)n(-c3ccc(OC(F)F)cc3)c2c1. The maximum absolute atomic E-state index is 13.8. The van der Waals surface area contributed by atoms with Crippen molar-refractivity contribution in [3.63, 3.8) is 0 Å². The molecule has 5 aromatic rings. The van der Waals surface area contributed by atoms with E-state index in [0.717, 1.165) is 11.0 Å². The third-order valence-electron chi connectivity index (χ3n) is 5.46. The number of benzene rings is 3. The minimum atomic E-state index is -2.93. The molecule has 0 atom stereocenters. The number of hydrogen-bond acceptors (Lipinski definition) is 5. The molecule has 0 radical (unpaired) electrons.